The molecule has 0 aliphatic heterocycles. The number of methoxy groups -OCH3 is 1. The van der Waals surface area contributed by atoms with E-state index in [4.69, 9.17) is 21.4 Å². The third kappa shape index (κ3) is 1.14. The Kier molecular flexibility index (Phi) is 1.84. The molecule has 0 radical (unpaired) electrons. The highest BCUT2D eigenvalue weighted by atomic mass is 32.1. The van der Waals surface area contributed by atoms with Gasteiger partial charge in [0.25, 0.3) is 4.84 Å². The van der Waals surface area contributed by atoms with Crippen molar-refractivity contribution < 1.29 is 9.15 Å². The lowest BCUT2D eigenvalue weighted by atomic mass is 10.3. The number of hydrogen-bond acceptors (Lipinski definition) is 3. The molecular weight excluding hydrogens is 186 g/mol. The molecule has 4 heteroatoms. The normalized spacial score (nSPS) is 10.6. The SMILES string of the molecule is COc1cccc2oc(=S)n(C)c12. The van der Waals surface area contributed by atoms with Crippen LogP contribution in [0.3, 0.4) is 0 Å². The molecule has 13 heavy (non-hydrogen) atoms. The molecule has 68 valence electrons. The molecule has 0 atom stereocenters. The molecule has 0 aliphatic rings. The lowest BCUT2D eigenvalue weighted by molar-refractivity contribution is 0.418. The molecule has 0 aliphatic carbocycles. The second-order valence-electron chi connectivity index (χ2n) is 2.73. The summed E-state index contributed by atoms with van der Waals surface area (Å²) in [5.74, 6) is 0.778. The zero-order valence-electron chi connectivity index (χ0n) is 7.40. The minimum absolute atomic E-state index is 0.458. The van der Waals surface area contributed by atoms with E-state index in [9.17, 15) is 0 Å². The molecule has 2 rings (SSSR count). The fraction of sp³-hybridized carbons (Fsp3) is 0.222. The highest BCUT2D eigenvalue weighted by Crippen LogP contribution is 2.26. The van der Waals surface area contributed by atoms with E-state index in [1.54, 1.807) is 11.7 Å². The summed E-state index contributed by atoms with van der Waals surface area (Å²) in [6.07, 6.45) is 0. The Labute approximate surface area is 80.5 Å². The van der Waals surface area contributed by atoms with Gasteiger partial charge in [0.05, 0.1) is 7.11 Å². The zero-order valence-corrected chi connectivity index (χ0v) is 8.22. The van der Waals surface area contributed by atoms with Gasteiger partial charge in [0, 0.05) is 7.05 Å². The minimum Gasteiger partial charge on any atom is -0.494 e. The molecule has 2 aromatic rings. The van der Waals surface area contributed by atoms with Crippen LogP contribution in [0, 0.1) is 4.84 Å². The van der Waals surface area contributed by atoms with Crippen LogP contribution in [-0.2, 0) is 7.05 Å². The molecule has 1 aromatic carbocycles. The van der Waals surface area contributed by atoms with Crippen LogP contribution in [0.2, 0.25) is 0 Å². The van der Waals surface area contributed by atoms with Crippen molar-refractivity contribution in [1.29, 1.82) is 0 Å². The van der Waals surface area contributed by atoms with E-state index in [0.717, 1.165) is 16.8 Å². The van der Waals surface area contributed by atoms with Gasteiger partial charge in [-0.25, -0.2) is 0 Å². The molecule has 0 amide bonds. The number of rotatable bonds is 1. The van der Waals surface area contributed by atoms with Gasteiger partial charge in [-0.3, -0.25) is 4.57 Å². The fourth-order valence-corrected chi connectivity index (χ4v) is 1.51. The van der Waals surface area contributed by atoms with Gasteiger partial charge in [-0.2, -0.15) is 0 Å². The molecule has 0 saturated heterocycles. The predicted octanol–water partition coefficient (Wildman–Crippen LogP) is 2.51. The number of hydrogen-bond donors (Lipinski definition) is 0. The Morgan fingerprint density at radius 1 is 1.46 bits per heavy atom. The first-order valence-corrected chi connectivity index (χ1v) is 4.27. The van der Waals surface area contributed by atoms with E-state index in [0.29, 0.717) is 4.84 Å². The smallest absolute Gasteiger partial charge is 0.269 e. The van der Waals surface area contributed by atoms with Crippen LogP contribution in [-0.4, -0.2) is 11.7 Å². The predicted molar refractivity (Wildman–Crippen MR) is 52.6 cm³/mol. The van der Waals surface area contributed by atoms with E-state index in [2.05, 4.69) is 0 Å². The summed E-state index contributed by atoms with van der Waals surface area (Å²) in [5.41, 5.74) is 1.65. The van der Waals surface area contributed by atoms with Crippen LogP contribution in [0.15, 0.2) is 22.6 Å². The number of nitrogens with zero attached hydrogens (tertiary/aromatic N) is 1. The van der Waals surface area contributed by atoms with Gasteiger partial charge < -0.3 is 9.15 Å². The summed E-state index contributed by atoms with van der Waals surface area (Å²) >= 11 is 5.00. The van der Waals surface area contributed by atoms with Crippen LogP contribution >= 0.6 is 12.2 Å². The largest absolute Gasteiger partial charge is 0.494 e. The standard InChI is InChI=1S/C9H9NO2S/c1-10-8-6(11-2)4-3-5-7(8)12-9(10)13/h3-5H,1-2H3. The van der Waals surface area contributed by atoms with Gasteiger partial charge >= 0.3 is 0 Å². The van der Waals surface area contributed by atoms with Gasteiger partial charge in [-0.15, -0.1) is 0 Å². The third-order valence-electron chi connectivity index (χ3n) is 1.99. The maximum absolute atomic E-state index is 5.34. The second kappa shape index (κ2) is 2.88. The van der Waals surface area contributed by atoms with Crippen molar-refractivity contribution in [3.8, 4) is 5.75 Å². The number of ether oxygens (including phenoxy) is 1. The van der Waals surface area contributed by atoms with Crippen LogP contribution in [0.5, 0.6) is 5.75 Å². The number of fused-ring (bicyclic) bond motifs is 1. The first-order valence-electron chi connectivity index (χ1n) is 3.86. The lowest BCUT2D eigenvalue weighted by Crippen LogP contribution is -1.90. The van der Waals surface area contributed by atoms with Crippen molar-refractivity contribution in [2.45, 2.75) is 0 Å². The Bertz CT molecular complexity index is 498. The Hall–Kier alpha value is -1.29. The van der Waals surface area contributed by atoms with Crippen LogP contribution in [0.4, 0.5) is 0 Å². The summed E-state index contributed by atoms with van der Waals surface area (Å²) in [7, 11) is 3.49. The quantitative estimate of drug-likeness (QED) is 0.654. The fourth-order valence-electron chi connectivity index (χ4n) is 1.33. The number of aryl methyl sites for hydroxylation is 1. The average Bonchev–Trinajstić information content (AvgIpc) is 2.43. The molecule has 0 N–H and O–H groups in total. The monoisotopic (exact) mass is 195 g/mol. The van der Waals surface area contributed by atoms with Gasteiger partial charge in [-0.05, 0) is 24.4 Å². The lowest BCUT2D eigenvalue weighted by Gasteiger charge is -2.00. The van der Waals surface area contributed by atoms with Gasteiger partial charge in [-0.1, -0.05) is 6.07 Å². The zero-order chi connectivity index (χ0) is 9.42. The Morgan fingerprint density at radius 3 is 2.92 bits per heavy atom. The topological polar surface area (TPSA) is 27.3 Å². The maximum atomic E-state index is 5.34. The summed E-state index contributed by atoms with van der Waals surface area (Å²) in [6.45, 7) is 0. The highest BCUT2D eigenvalue weighted by molar-refractivity contribution is 7.71. The van der Waals surface area contributed by atoms with Gasteiger partial charge in [0.1, 0.15) is 11.3 Å². The molecule has 0 bridgehead atoms. The summed E-state index contributed by atoms with van der Waals surface area (Å²) in [4.78, 5) is 0.458. The molecule has 0 spiro atoms. The summed E-state index contributed by atoms with van der Waals surface area (Å²) < 4.78 is 12.3. The van der Waals surface area contributed by atoms with Crippen LogP contribution in [0.1, 0.15) is 0 Å². The number of aromatic nitrogens is 1. The van der Waals surface area contributed by atoms with Crippen molar-refractivity contribution in [1.82, 2.24) is 4.57 Å². The molecule has 0 fully saturated rings. The molecule has 0 unspecified atom stereocenters. The molecule has 3 nitrogen and oxygen atoms in total. The number of benzene rings is 1. The minimum atomic E-state index is 0.458. The van der Waals surface area contributed by atoms with E-state index < -0.39 is 0 Å². The van der Waals surface area contributed by atoms with Crippen molar-refractivity contribution in [3.63, 3.8) is 0 Å². The first kappa shape index (κ1) is 8.31. The van der Waals surface area contributed by atoms with Crippen molar-refractivity contribution in [2.75, 3.05) is 7.11 Å². The highest BCUT2D eigenvalue weighted by Gasteiger charge is 2.07. The summed E-state index contributed by atoms with van der Waals surface area (Å²) in [5, 5.41) is 0. The first-order chi connectivity index (χ1) is 6.24. The Morgan fingerprint density at radius 2 is 2.23 bits per heavy atom. The van der Waals surface area contributed by atoms with E-state index in [-0.39, 0.29) is 0 Å². The second-order valence-corrected chi connectivity index (χ2v) is 3.08. The van der Waals surface area contributed by atoms with Crippen molar-refractivity contribution in [3.05, 3.63) is 23.0 Å². The third-order valence-corrected chi connectivity index (χ3v) is 2.35. The van der Waals surface area contributed by atoms with E-state index in [1.165, 1.54) is 0 Å². The number of oxazole rings is 1. The van der Waals surface area contributed by atoms with Crippen LogP contribution in [0.25, 0.3) is 11.1 Å². The molecule has 0 saturated carbocycles. The van der Waals surface area contributed by atoms with Crippen molar-refractivity contribution >= 4 is 23.3 Å². The van der Waals surface area contributed by atoms with Crippen LogP contribution < -0.4 is 4.74 Å². The number of para-hydroxylation sites is 1. The Balaban J connectivity index is 2.95. The van der Waals surface area contributed by atoms with Gasteiger partial charge in [0.2, 0.25) is 0 Å². The molecular formula is C9H9NO2S. The van der Waals surface area contributed by atoms with E-state index >= 15 is 0 Å². The molecule has 1 heterocycles. The molecule has 1 aromatic heterocycles. The maximum Gasteiger partial charge on any atom is 0.269 e. The van der Waals surface area contributed by atoms with Crippen molar-refractivity contribution in [2.24, 2.45) is 7.05 Å². The van der Waals surface area contributed by atoms with Gasteiger partial charge in [0.15, 0.2) is 5.58 Å². The summed E-state index contributed by atoms with van der Waals surface area (Å²) in [6, 6.07) is 5.62. The average molecular weight is 195 g/mol. The van der Waals surface area contributed by atoms with E-state index in [1.807, 2.05) is 25.2 Å².